The molecule has 0 aromatic rings. The quantitative estimate of drug-likeness (QED) is 0.442. The molecule has 1 aliphatic heterocycles. The molecule has 1 aliphatic rings. The number of hydrogen-bond acceptors (Lipinski definition) is 3. The van der Waals surface area contributed by atoms with Crippen LogP contribution in [0.3, 0.4) is 0 Å². The molecule has 1 heterocycles. The van der Waals surface area contributed by atoms with E-state index in [4.69, 9.17) is 0 Å². The van der Waals surface area contributed by atoms with Gasteiger partial charge in [-0.3, -0.25) is 0 Å². The summed E-state index contributed by atoms with van der Waals surface area (Å²) in [7, 11) is 0. The monoisotopic (exact) mass is 212 g/mol. The number of unbranched alkanes of at least 4 members (excludes halogenated alkanes) is 1. The van der Waals surface area contributed by atoms with E-state index in [0.717, 1.165) is 18.9 Å². The molecular formula is C12H24N2O. The fourth-order valence-corrected chi connectivity index (χ4v) is 1.56. The van der Waals surface area contributed by atoms with Gasteiger partial charge in [-0.2, -0.15) is 0 Å². The first kappa shape index (κ1) is 14.3. The van der Waals surface area contributed by atoms with Gasteiger partial charge in [-0.1, -0.05) is 26.7 Å². The maximum atomic E-state index is 9.39. The summed E-state index contributed by atoms with van der Waals surface area (Å²) >= 11 is 0. The largest absolute Gasteiger partial charge is 0.314 e. The van der Waals surface area contributed by atoms with E-state index < -0.39 is 0 Å². The molecule has 1 atom stereocenters. The first-order chi connectivity index (χ1) is 7.35. The summed E-state index contributed by atoms with van der Waals surface area (Å²) < 4.78 is 0. The summed E-state index contributed by atoms with van der Waals surface area (Å²) in [5.74, 6) is 0. The predicted molar refractivity (Wildman–Crippen MR) is 63.8 cm³/mol. The molecule has 0 spiro atoms. The fraction of sp³-hybridized carbons (Fsp3) is 0.917. The molecule has 1 N–H and O–H groups in total. The van der Waals surface area contributed by atoms with Crippen molar-refractivity contribution in [3.05, 3.63) is 0 Å². The summed E-state index contributed by atoms with van der Waals surface area (Å²) in [6.45, 7) is 6.20. The third kappa shape index (κ3) is 9.64. The molecule has 3 nitrogen and oxygen atoms in total. The highest BCUT2D eigenvalue weighted by Gasteiger charge is 2.08. The summed E-state index contributed by atoms with van der Waals surface area (Å²) in [6.07, 6.45) is 9.09. The van der Waals surface area contributed by atoms with E-state index in [1.807, 2.05) is 0 Å². The molecule has 3 heteroatoms. The Hall–Kier alpha value is -0.660. The van der Waals surface area contributed by atoms with Gasteiger partial charge in [0.25, 0.3) is 0 Å². The minimum Gasteiger partial charge on any atom is -0.314 e. The Balaban J connectivity index is 0.000000265. The fourth-order valence-electron chi connectivity index (χ4n) is 1.56. The van der Waals surface area contributed by atoms with Crippen molar-refractivity contribution in [2.45, 2.75) is 58.4 Å². The maximum absolute atomic E-state index is 9.39. The Kier molecular flexibility index (Phi) is 10.9. The van der Waals surface area contributed by atoms with Crippen LogP contribution in [0.2, 0.25) is 0 Å². The lowest BCUT2D eigenvalue weighted by Crippen LogP contribution is -2.32. The highest BCUT2D eigenvalue weighted by molar-refractivity contribution is 5.32. The van der Waals surface area contributed by atoms with Crippen LogP contribution in [0.15, 0.2) is 4.99 Å². The Morgan fingerprint density at radius 3 is 2.60 bits per heavy atom. The van der Waals surface area contributed by atoms with Crippen LogP contribution in [0.25, 0.3) is 0 Å². The zero-order chi connectivity index (χ0) is 11.4. The van der Waals surface area contributed by atoms with Crippen LogP contribution >= 0.6 is 0 Å². The summed E-state index contributed by atoms with van der Waals surface area (Å²) in [5.41, 5.74) is 0. The van der Waals surface area contributed by atoms with E-state index in [-0.39, 0.29) is 0 Å². The number of isocyanates is 1. The van der Waals surface area contributed by atoms with Gasteiger partial charge >= 0.3 is 0 Å². The third-order valence-corrected chi connectivity index (χ3v) is 2.59. The van der Waals surface area contributed by atoms with E-state index in [9.17, 15) is 4.79 Å². The molecule has 1 rings (SSSR count). The average Bonchev–Trinajstić information content (AvgIpc) is 2.32. The van der Waals surface area contributed by atoms with Crippen molar-refractivity contribution in [1.82, 2.24) is 5.32 Å². The molecule has 0 aromatic heterocycles. The number of rotatable bonds is 4. The highest BCUT2D eigenvalue weighted by Crippen LogP contribution is 2.08. The molecule has 0 radical (unpaired) electrons. The van der Waals surface area contributed by atoms with E-state index >= 15 is 0 Å². The van der Waals surface area contributed by atoms with E-state index in [1.165, 1.54) is 38.3 Å². The first-order valence-corrected chi connectivity index (χ1v) is 6.12. The van der Waals surface area contributed by atoms with E-state index in [2.05, 4.69) is 24.2 Å². The van der Waals surface area contributed by atoms with Crippen LogP contribution in [0.4, 0.5) is 0 Å². The van der Waals surface area contributed by atoms with E-state index in [0.29, 0.717) is 6.54 Å². The van der Waals surface area contributed by atoms with Crippen LogP contribution in [0, 0.1) is 0 Å². The van der Waals surface area contributed by atoms with Crippen LogP contribution in [-0.4, -0.2) is 25.2 Å². The molecule has 0 bridgehead atoms. The number of hydrogen-bond donors (Lipinski definition) is 1. The molecule has 0 aliphatic carbocycles. The van der Waals surface area contributed by atoms with Gasteiger partial charge in [0, 0.05) is 6.04 Å². The zero-order valence-electron chi connectivity index (χ0n) is 10.1. The molecule has 1 unspecified atom stereocenters. The second-order valence-electron chi connectivity index (χ2n) is 3.88. The Morgan fingerprint density at radius 1 is 1.40 bits per heavy atom. The molecule has 1 fully saturated rings. The van der Waals surface area contributed by atoms with Crippen molar-refractivity contribution >= 4 is 6.08 Å². The Morgan fingerprint density at radius 2 is 2.20 bits per heavy atom. The number of carbonyl (C=O) groups excluding carboxylic acids is 1. The molecule has 1 saturated heterocycles. The van der Waals surface area contributed by atoms with Gasteiger partial charge in [-0.05, 0) is 32.2 Å². The van der Waals surface area contributed by atoms with Crippen LogP contribution in [0.5, 0.6) is 0 Å². The summed E-state index contributed by atoms with van der Waals surface area (Å²) in [4.78, 5) is 12.7. The average molecular weight is 212 g/mol. The van der Waals surface area contributed by atoms with Gasteiger partial charge in [0.05, 0.1) is 6.54 Å². The van der Waals surface area contributed by atoms with Crippen LogP contribution in [-0.2, 0) is 4.79 Å². The van der Waals surface area contributed by atoms with Crippen molar-refractivity contribution in [1.29, 1.82) is 0 Å². The normalized spacial score (nSPS) is 19.7. The standard InChI is InChI=1S/C7H15N.C5H9NO/c1-2-7-5-3-4-6-8-7;1-2-3-4-6-5-7/h7-8H,2-6H2,1H3;2-4H2,1H3. The summed E-state index contributed by atoms with van der Waals surface area (Å²) in [6, 6.07) is 0.837. The predicted octanol–water partition coefficient (Wildman–Crippen LogP) is 2.66. The van der Waals surface area contributed by atoms with Crippen molar-refractivity contribution in [2.24, 2.45) is 4.99 Å². The zero-order valence-corrected chi connectivity index (χ0v) is 10.1. The Labute approximate surface area is 93.4 Å². The van der Waals surface area contributed by atoms with Gasteiger partial charge in [0.2, 0.25) is 6.08 Å². The lowest BCUT2D eigenvalue weighted by Gasteiger charge is -2.21. The van der Waals surface area contributed by atoms with Crippen LogP contribution < -0.4 is 5.32 Å². The minimum absolute atomic E-state index is 0.639. The van der Waals surface area contributed by atoms with Crippen LogP contribution in [0.1, 0.15) is 52.4 Å². The Bertz CT molecular complexity index is 170. The highest BCUT2D eigenvalue weighted by atomic mass is 16.1. The topological polar surface area (TPSA) is 41.5 Å². The molecule has 88 valence electrons. The first-order valence-electron chi connectivity index (χ1n) is 6.12. The lowest BCUT2D eigenvalue weighted by molar-refractivity contribution is 0.393. The lowest BCUT2D eigenvalue weighted by atomic mass is 10.0. The van der Waals surface area contributed by atoms with Gasteiger partial charge in [0.1, 0.15) is 0 Å². The van der Waals surface area contributed by atoms with Gasteiger partial charge in [-0.15, -0.1) is 0 Å². The van der Waals surface area contributed by atoms with Gasteiger partial charge in [0.15, 0.2) is 0 Å². The van der Waals surface area contributed by atoms with Gasteiger partial charge < -0.3 is 5.32 Å². The van der Waals surface area contributed by atoms with Crippen molar-refractivity contribution in [3.63, 3.8) is 0 Å². The van der Waals surface area contributed by atoms with Gasteiger partial charge in [-0.25, -0.2) is 9.79 Å². The minimum atomic E-state index is 0.639. The number of nitrogens with zero attached hydrogens (tertiary/aromatic N) is 1. The number of nitrogens with one attached hydrogen (secondary N) is 1. The molecule has 0 saturated carbocycles. The van der Waals surface area contributed by atoms with E-state index in [1.54, 1.807) is 0 Å². The van der Waals surface area contributed by atoms with Crippen molar-refractivity contribution in [3.8, 4) is 0 Å². The molecular weight excluding hydrogens is 188 g/mol. The number of aliphatic imine (C=N–C) groups is 1. The molecule has 15 heavy (non-hydrogen) atoms. The smallest absolute Gasteiger partial charge is 0.234 e. The maximum Gasteiger partial charge on any atom is 0.234 e. The second-order valence-corrected chi connectivity index (χ2v) is 3.88. The van der Waals surface area contributed by atoms with Crippen molar-refractivity contribution in [2.75, 3.05) is 13.1 Å². The summed E-state index contributed by atoms with van der Waals surface area (Å²) in [5, 5.41) is 3.47. The number of piperidine rings is 1. The SMILES string of the molecule is CCC1CCCCN1.CCCCN=C=O. The molecule has 0 amide bonds. The third-order valence-electron chi connectivity index (χ3n) is 2.59. The second kappa shape index (κ2) is 11.4. The molecule has 0 aromatic carbocycles. The van der Waals surface area contributed by atoms with Crippen molar-refractivity contribution < 1.29 is 4.79 Å².